The van der Waals surface area contributed by atoms with E-state index in [2.05, 4.69) is 27.2 Å². The zero-order chi connectivity index (χ0) is 27.2. The number of hydrogen-bond acceptors (Lipinski definition) is 6. The number of nitrogens with zero attached hydrogens (tertiary/aromatic N) is 3. The lowest BCUT2D eigenvalue weighted by Crippen LogP contribution is -2.37. The van der Waals surface area contributed by atoms with Gasteiger partial charge in [-0.05, 0) is 95.2 Å². The number of rotatable bonds is 5. The fourth-order valence-electron chi connectivity index (χ4n) is 5.60. The molecule has 3 heterocycles. The molecular weight excluding hydrogens is 480 g/mol. The Bertz CT molecular complexity index is 1390. The summed E-state index contributed by atoms with van der Waals surface area (Å²) in [4.78, 5) is 30.9. The number of nitrogens with one attached hydrogen (secondary N) is 1. The van der Waals surface area contributed by atoms with Crippen LogP contribution in [-0.2, 0) is 24.4 Å². The van der Waals surface area contributed by atoms with Crippen molar-refractivity contribution in [2.24, 2.45) is 0 Å². The standard InChI is InChI=1S/C30H38N4O4/c1-30(2,3)38-29(37)34-25-9-8-19(17-33-10-6-7-23(35)18-33)11-21(25)14-26(34)24-13-20(16-32(4)5)12-22-15-31-28(36)27(22)24/h8-9,11-14,23,35H,6-7,10,15-18H2,1-5H3,(H,31,36). The second-order valence-corrected chi connectivity index (χ2v) is 11.9. The van der Waals surface area contributed by atoms with Gasteiger partial charge in [0.25, 0.3) is 5.91 Å². The van der Waals surface area contributed by atoms with E-state index < -0.39 is 11.7 Å². The van der Waals surface area contributed by atoms with Gasteiger partial charge in [-0.3, -0.25) is 9.69 Å². The molecule has 8 nitrogen and oxygen atoms in total. The minimum atomic E-state index is -0.675. The largest absolute Gasteiger partial charge is 0.443 e. The van der Waals surface area contributed by atoms with Crippen LogP contribution in [0.1, 0.15) is 60.7 Å². The number of aromatic nitrogens is 1. The van der Waals surface area contributed by atoms with Crippen LogP contribution >= 0.6 is 0 Å². The number of β-amino-alcohol motifs (C(OH)–C–C–N with tert-alkyl or cyclic N) is 1. The second-order valence-electron chi connectivity index (χ2n) is 11.9. The fraction of sp³-hybridized carbons (Fsp3) is 0.467. The Hall–Kier alpha value is -3.20. The highest BCUT2D eigenvalue weighted by atomic mass is 16.6. The van der Waals surface area contributed by atoms with Gasteiger partial charge in [0, 0.05) is 37.1 Å². The number of hydrogen-bond donors (Lipinski definition) is 2. The Morgan fingerprint density at radius 1 is 1.16 bits per heavy atom. The van der Waals surface area contributed by atoms with Gasteiger partial charge in [-0.1, -0.05) is 12.1 Å². The molecule has 1 amide bonds. The SMILES string of the molecule is CN(C)Cc1cc2c(c(-c3cc4cc(CN5CCCC(O)C5)ccc4n3C(=O)OC(C)(C)C)c1)C(=O)NC2. The average Bonchev–Trinajstić information content (AvgIpc) is 3.37. The van der Waals surface area contributed by atoms with E-state index in [0.717, 1.165) is 59.1 Å². The van der Waals surface area contributed by atoms with Crippen molar-refractivity contribution in [2.75, 3.05) is 27.2 Å². The molecule has 0 radical (unpaired) electrons. The van der Waals surface area contributed by atoms with Gasteiger partial charge >= 0.3 is 6.09 Å². The highest BCUT2D eigenvalue weighted by molar-refractivity contribution is 6.07. The first kappa shape index (κ1) is 26.4. The van der Waals surface area contributed by atoms with Crippen molar-refractivity contribution in [3.05, 3.63) is 58.7 Å². The third-order valence-electron chi connectivity index (χ3n) is 7.05. The first-order valence-corrected chi connectivity index (χ1v) is 13.4. The van der Waals surface area contributed by atoms with Gasteiger partial charge in [0.1, 0.15) is 5.60 Å². The number of piperidine rings is 1. The van der Waals surface area contributed by atoms with E-state index in [-0.39, 0.29) is 12.0 Å². The van der Waals surface area contributed by atoms with Crippen molar-refractivity contribution in [1.82, 2.24) is 19.7 Å². The monoisotopic (exact) mass is 518 g/mol. The van der Waals surface area contributed by atoms with Crippen molar-refractivity contribution in [2.45, 2.75) is 65.0 Å². The molecule has 202 valence electrons. The Balaban J connectivity index is 1.65. The lowest BCUT2D eigenvalue weighted by Gasteiger charge is -2.30. The molecule has 8 heteroatoms. The van der Waals surface area contributed by atoms with Crippen LogP contribution < -0.4 is 5.32 Å². The minimum Gasteiger partial charge on any atom is -0.443 e. The summed E-state index contributed by atoms with van der Waals surface area (Å²) in [6, 6.07) is 12.2. The van der Waals surface area contributed by atoms with Gasteiger partial charge in [-0.25, -0.2) is 9.36 Å². The molecule has 1 fully saturated rings. The van der Waals surface area contributed by atoms with E-state index in [1.165, 1.54) is 0 Å². The zero-order valence-electron chi connectivity index (χ0n) is 23.0. The summed E-state index contributed by atoms with van der Waals surface area (Å²) in [6.07, 6.45) is 1.08. The number of carbonyl (C=O) groups is 2. The summed E-state index contributed by atoms with van der Waals surface area (Å²) >= 11 is 0. The Labute approximate surface area is 224 Å². The molecule has 1 unspecified atom stereocenters. The molecule has 1 aromatic heterocycles. The number of ether oxygens (including phenoxy) is 1. The highest BCUT2D eigenvalue weighted by Gasteiger charge is 2.29. The van der Waals surface area contributed by atoms with Crippen LogP contribution in [0.4, 0.5) is 4.79 Å². The molecule has 5 rings (SSSR count). The van der Waals surface area contributed by atoms with Gasteiger partial charge in [-0.15, -0.1) is 0 Å². The van der Waals surface area contributed by atoms with E-state index in [1.807, 2.05) is 59.1 Å². The third-order valence-corrected chi connectivity index (χ3v) is 7.05. The number of amides is 1. The summed E-state index contributed by atoms with van der Waals surface area (Å²) in [5.41, 5.74) is 5.19. The highest BCUT2D eigenvalue weighted by Crippen LogP contribution is 2.36. The van der Waals surface area contributed by atoms with Gasteiger partial charge in [0.05, 0.1) is 22.9 Å². The van der Waals surface area contributed by atoms with Crippen LogP contribution in [0, 0.1) is 0 Å². The van der Waals surface area contributed by atoms with Crippen LogP contribution in [0.5, 0.6) is 0 Å². The van der Waals surface area contributed by atoms with Crippen molar-refractivity contribution < 1.29 is 19.4 Å². The van der Waals surface area contributed by atoms with Crippen molar-refractivity contribution >= 4 is 22.9 Å². The number of fused-ring (bicyclic) bond motifs is 2. The van der Waals surface area contributed by atoms with Crippen LogP contribution in [0.2, 0.25) is 0 Å². The smallest absolute Gasteiger partial charge is 0.419 e. The fourth-order valence-corrected chi connectivity index (χ4v) is 5.60. The molecule has 3 aromatic rings. The van der Waals surface area contributed by atoms with Crippen LogP contribution in [0.3, 0.4) is 0 Å². The van der Waals surface area contributed by atoms with E-state index in [4.69, 9.17) is 4.74 Å². The van der Waals surface area contributed by atoms with E-state index in [0.29, 0.717) is 30.9 Å². The summed E-state index contributed by atoms with van der Waals surface area (Å²) in [5.74, 6) is -0.128. The van der Waals surface area contributed by atoms with Crippen molar-refractivity contribution in [1.29, 1.82) is 0 Å². The molecule has 0 aliphatic carbocycles. The molecule has 38 heavy (non-hydrogen) atoms. The predicted octanol–water partition coefficient (Wildman–Crippen LogP) is 4.35. The summed E-state index contributed by atoms with van der Waals surface area (Å²) in [6.45, 7) is 9.10. The molecule has 0 bridgehead atoms. The van der Waals surface area contributed by atoms with Crippen LogP contribution in [0.15, 0.2) is 36.4 Å². The number of benzene rings is 2. The zero-order valence-corrected chi connectivity index (χ0v) is 23.0. The maximum Gasteiger partial charge on any atom is 0.419 e. The third kappa shape index (κ3) is 5.48. The van der Waals surface area contributed by atoms with Crippen molar-refractivity contribution in [3.63, 3.8) is 0 Å². The topological polar surface area (TPSA) is 87.0 Å². The normalized spacial score (nSPS) is 18.2. The number of aliphatic hydroxyl groups excluding tert-OH is 1. The van der Waals surface area contributed by atoms with Crippen LogP contribution in [0.25, 0.3) is 22.2 Å². The van der Waals surface area contributed by atoms with E-state index in [9.17, 15) is 14.7 Å². The van der Waals surface area contributed by atoms with Gasteiger partial charge in [0.2, 0.25) is 0 Å². The summed E-state index contributed by atoms with van der Waals surface area (Å²) in [7, 11) is 4.02. The molecule has 2 aromatic carbocycles. The Morgan fingerprint density at radius 3 is 2.66 bits per heavy atom. The molecule has 1 atom stereocenters. The van der Waals surface area contributed by atoms with E-state index in [1.54, 1.807) is 4.57 Å². The molecule has 0 spiro atoms. The quantitative estimate of drug-likeness (QED) is 0.522. The lowest BCUT2D eigenvalue weighted by atomic mass is 9.96. The molecule has 2 aliphatic rings. The lowest BCUT2D eigenvalue weighted by molar-refractivity contribution is 0.0546. The number of carbonyl (C=O) groups excluding carboxylic acids is 2. The Morgan fingerprint density at radius 2 is 1.95 bits per heavy atom. The number of aliphatic hydroxyl groups is 1. The molecule has 2 N–H and O–H groups in total. The molecule has 2 aliphatic heterocycles. The molecule has 1 saturated heterocycles. The molecular formula is C30H38N4O4. The average molecular weight is 519 g/mol. The maximum absolute atomic E-state index is 13.6. The Kier molecular flexibility index (Phi) is 7.07. The van der Waals surface area contributed by atoms with Gasteiger partial charge in [-0.2, -0.15) is 0 Å². The first-order chi connectivity index (χ1) is 18.0. The van der Waals surface area contributed by atoms with E-state index >= 15 is 0 Å². The minimum absolute atomic E-state index is 0.128. The van der Waals surface area contributed by atoms with Crippen LogP contribution in [-0.4, -0.2) is 70.4 Å². The molecule has 0 saturated carbocycles. The summed E-state index contributed by atoms with van der Waals surface area (Å²) < 4.78 is 7.44. The first-order valence-electron chi connectivity index (χ1n) is 13.4. The summed E-state index contributed by atoms with van der Waals surface area (Å²) in [5, 5.41) is 14.0. The second kappa shape index (κ2) is 10.2. The number of likely N-dealkylation sites (tertiary alicyclic amines) is 1. The van der Waals surface area contributed by atoms with Crippen molar-refractivity contribution in [3.8, 4) is 11.3 Å². The van der Waals surface area contributed by atoms with Gasteiger partial charge < -0.3 is 20.1 Å². The maximum atomic E-state index is 13.6. The predicted molar refractivity (Wildman–Crippen MR) is 148 cm³/mol. The van der Waals surface area contributed by atoms with Gasteiger partial charge in [0.15, 0.2) is 0 Å².